The van der Waals surface area contributed by atoms with Crippen LogP contribution in [-0.2, 0) is 9.47 Å². The number of hydrogen-bond acceptors (Lipinski definition) is 8. The van der Waals surface area contributed by atoms with Crippen LogP contribution in [0.4, 0.5) is 25.7 Å². The molecule has 11 heteroatoms. The number of halogens is 1. The summed E-state index contributed by atoms with van der Waals surface area (Å²) in [7, 11) is 0. The molecule has 4 rings (SSSR count). The number of anilines is 2. The van der Waals surface area contributed by atoms with Crippen molar-refractivity contribution in [2.75, 3.05) is 23.4 Å². The van der Waals surface area contributed by atoms with Crippen molar-refractivity contribution in [2.45, 2.75) is 64.1 Å². The highest BCUT2D eigenvalue weighted by molar-refractivity contribution is 5.88. The Labute approximate surface area is 197 Å². The fourth-order valence-corrected chi connectivity index (χ4v) is 3.99. The highest BCUT2D eigenvalue weighted by Crippen LogP contribution is 2.27. The van der Waals surface area contributed by atoms with Crippen LogP contribution in [0.3, 0.4) is 0 Å². The molecule has 1 saturated carbocycles. The first-order chi connectivity index (χ1) is 16.2. The van der Waals surface area contributed by atoms with E-state index in [0.717, 1.165) is 31.9 Å². The lowest BCUT2D eigenvalue weighted by Crippen LogP contribution is -2.42. The Kier molecular flexibility index (Phi) is 6.80. The number of hydrogen-bond donors (Lipinski definition) is 2. The number of alkyl carbamates (subject to hydrolysis) is 1. The van der Waals surface area contributed by atoms with E-state index in [0.29, 0.717) is 23.9 Å². The average molecular weight is 473 g/mol. The molecule has 34 heavy (non-hydrogen) atoms. The van der Waals surface area contributed by atoms with Gasteiger partial charge in [0.2, 0.25) is 5.95 Å². The largest absolute Gasteiger partial charge is 0.447 e. The number of carbonyl (C=O) groups excluding carboxylic acids is 2. The Morgan fingerprint density at radius 3 is 2.62 bits per heavy atom. The molecule has 3 heterocycles. The molecule has 10 nitrogen and oxygen atoms in total. The summed E-state index contributed by atoms with van der Waals surface area (Å²) in [6.45, 7) is 6.17. The van der Waals surface area contributed by atoms with Gasteiger partial charge in [-0.2, -0.15) is 0 Å². The summed E-state index contributed by atoms with van der Waals surface area (Å²) >= 11 is 0. The number of pyridine rings is 1. The van der Waals surface area contributed by atoms with Gasteiger partial charge in [0, 0.05) is 23.8 Å². The summed E-state index contributed by atoms with van der Waals surface area (Å²) in [6, 6.07) is 3.38. The van der Waals surface area contributed by atoms with Crippen LogP contribution >= 0.6 is 0 Å². The number of cyclic esters (lactones) is 1. The van der Waals surface area contributed by atoms with Crippen LogP contribution in [0.15, 0.2) is 24.5 Å². The third kappa shape index (κ3) is 5.89. The smallest absolute Gasteiger partial charge is 0.415 e. The second-order valence-electron chi connectivity index (χ2n) is 9.40. The molecule has 0 atom stereocenters. The van der Waals surface area contributed by atoms with Gasteiger partial charge in [0.1, 0.15) is 23.7 Å². The number of aromatic nitrogens is 3. The second-order valence-corrected chi connectivity index (χ2v) is 9.40. The molecule has 2 aliphatic rings. The van der Waals surface area contributed by atoms with E-state index in [9.17, 15) is 14.0 Å². The normalized spacial score (nSPS) is 20.6. The van der Waals surface area contributed by atoms with E-state index in [2.05, 4.69) is 25.6 Å². The van der Waals surface area contributed by atoms with Gasteiger partial charge in [-0.15, -0.1) is 0 Å². The summed E-state index contributed by atoms with van der Waals surface area (Å²) in [5.74, 6) is 0.124. The van der Waals surface area contributed by atoms with Crippen LogP contribution in [0.5, 0.6) is 0 Å². The highest BCUT2D eigenvalue weighted by Gasteiger charge is 2.27. The standard InChI is InChI=1S/C23H29FN6O4/c1-23(2,3)34-21(31)28-16-6-4-15(5-7-16)27-20-26-13-17(24)19(29-20)14-8-9-25-18(12-14)30-10-11-33-22(30)32/h8-9,12-13,15-16H,4-7,10-11H2,1-3H3,(H,28,31)(H,26,27,29). The van der Waals surface area contributed by atoms with E-state index in [4.69, 9.17) is 9.47 Å². The zero-order chi connectivity index (χ0) is 24.3. The third-order valence-electron chi connectivity index (χ3n) is 5.58. The SMILES string of the molecule is CC(C)(C)OC(=O)NC1CCC(Nc2ncc(F)c(-c3ccnc(N4CCOC4=O)c3)n2)CC1. The molecule has 0 bridgehead atoms. The number of amides is 2. The van der Waals surface area contributed by atoms with Crippen molar-refractivity contribution in [3.05, 3.63) is 30.3 Å². The second kappa shape index (κ2) is 9.78. The molecule has 2 fully saturated rings. The molecule has 2 N–H and O–H groups in total. The molecule has 2 aromatic heterocycles. The fourth-order valence-electron chi connectivity index (χ4n) is 3.99. The lowest BCUT2D eigenvalue weighted by Gasteiger charge is -2.30. The third-order valence-corrected chi connectivity index (χ3v) is 5.58. The average Bonchev–Trinajstić information content (AvgIpc) is 3.21. The zero-order valence-corrected chi connectivity index (χ0v) is 19.5. The summed E-state index contributed by atoms with van der Waals surface area (Å²) < 4.78 is 24.9. The van der Waals surface area contributed by atoms with Crippen LogP contribution in [-0.4, -0.2) is 58.0 Å². The first kappa shape index (κ1) is 23.7. The van der Waals surface area contributed by atoms with Gasteiger partial charge < -0.3 is 20.1 Å². The number of rotatable bonds is 5. The Morgan fingerprint density at radius 2 is 1.94 bits per heavy atom. The van der Waals surface area contributed by atoms with Crippen molar-refractivity contribution in [1.29, 1.82) is 0 Å². The molecule has 0 spiro atoms. The Bertz CT molecular complexity index is 1050. The molecule has 1 saturated heterocycles. The Balaban J connectivity index is 1.38. The van der Waals surface area contributed by atoms with Crippen molar-refractivity contribution in [3.63, 3.8) is 0 Å². The van der Waals surface area contributed by atoms with Gasteiger partial charge in [-0.3, -0.25) is 4.90 Å². The van der Waals surface area contributed by atoms with Gasteiger partial charge in [-0.25, -0.2) is 28.9 Å². The summed E-state index contributed by atoms with van der Waals surface area (Å²) in [6.07, 6.45) is 4.91. The van der Waals surface area contributed by atoms with Crippen molar-refractivity contribution in [3.8, 4) is 11.3 Å². The molecule has 182 valence electrons. The van der Waals surface area contributed by atoms with E-state index < -0.39 is 23.6 Å². The molecule has 0 radical (unpaired) electrons. The Hall–Kier alpha value is -3.50. The summed E-state index contributed by atoms with van der Waals surface area (Å²) in [5, 5.41) is 6.19. The molecular weight excluding hydrogens is 443 g/mol. The van der Waals surface area contributed by atoms with E-state index >= 15 is 0 Å². The molecule has 2 aromatic rings. The van der Waals surface area contributed by atoms with Crippen molar-refractivity contribution in [2.24, 2.45) is 0 Å². The maximum absolute atomic E-state index is 14.6. The van der Waals surface area contributed by atoms with E-state index in [1.165, 1.54) is 11.1 Å². The summed E-state index contributed by atoms with van der Waals surface area (Å²) in [4.78, 5) is 37.9. The lowest BCUT2D eigenvalue weighted by atomic mass is 9.91. The minimum absolute atomic E-state index is 0.0464. The van der Waals surface area contributed by atoms with Gasteiger partial charge >= 0.3 is 12.2 Å². The van der Waals surface area contributed by atoms with Gasteiger partial charge in [0.15, 0.2) is 5.82 Å². The van der Waals surface area contributed by atoms with Crippen LogP contribution in [0, 0.1) is 5.82 Å². The maximum atomic E-state index is 14.6. The van der Waals surface area contributed by atoms with Crippen LogP contribution in [0.25, 0.3) is 11.3 Å². The molecular formula is C23H29FN6O4. The van der Waals surface area contributed by atoms with Crippen molar-refractivity contribution >= 4 is 24.0 Å². The zero-order valence-electron chi connectivity index (χ0n) is 19.5. The predicted octanol–water partition coefficient (Wildman–Crippen LogP) is 3.88. The lowest BCUT2D eigenvalue weighted by molar-refractivity contribution is 0.0492. The molecule has 1 aliphatic heterocycles. The minimum atomic E-state index is -0.572. The monoisotopic (exact) mass is 472 g/mol. The predicted molar refractivity (Wildman–Crippen MR) is 123 cm³/mol. The van der Waals surface area contributed by atoms with Gasteiger partial charge in [0.05, 0.1) is 12.7 Å². The van der Waals surface area contributed by atoms with E-state index in [-0.39, 0.29) is 24.4 Å². The number of ether oxygens (including phenoxy) is 2. The number of nitrogens with one attached hydrogen (secondary N) is 2. The van der Waals surface area contributed by atoms with Gasteiger partial charge in [0.25, 0.3) is 0 Å². The first-order valence-corrected chi connectivity index (χ1v) is 11.4. The van der Waals surface area contributed by atoms with E-state index in [1.54, 1.807) is 12.1 Å². The first-order valence-electron chi connectivity index (χ1n) is 11.4. The van der Waals surface area contributed by atoms with Crippen molar-refractivity contribution < 1.29 is 23.5 Å². The van der Waals surface area contributed by atoms with Crippen molar-refractivity contribution in [1.82, 2.24) is 20.3 Å². The molecule has 0 unspecified atom stereocenters. The topological polar surface area (TPSA) is 119 Å². The van der Waals surface area contributed by atoms with E-state index in [1.807, 2.05) is 20.8 Å². The minimum Gasteiger partial charge on any atom is -0.447 e. The highest BCUT2D eigenvalue weighted by atomic mass is 19.1. The van der Waals surface area contributed by atoms with Gasteiger partial charge in [-0.05, 0) is 58.6 Å². The fraction of sp³-hybridized carbons (Fsp3) is 0.522. The number of nitrogens with zero attached hydrogens (tertiary/aromatic N) is 4. The van der Waals surface area contributed by atoms with Gasteiger partial charge in [-0.1, -0.05) is 0 Å². The van der Waals surface area contributed by atoms with Crippen LogP contribution in [0.1, 0.15) is 46.5 Å². The summed E-state index contributed by atoms with van der Waals surface area (Å²) in [5.41, 5.74) is 0.0697. The number of carbonyl (C=O) groups is 2. The van der Waals surface area contributed by atoms with Crippen LogP contribution < -0.4 is 15.5 Å². The van der Waals surface area contributed by atoms with Crippen LogP contribution in [0.2, 0.25) is 0 Å². The molecule has 1 aliphatic carbocycles. The maximum Gasteiger partial charge on any atom is 0.415 e. The molecule has 2 amide bonds. The quantitative estimate of drug-likeness (QED) is 0.673. The Morgan fingerprint density at radius 1 is 1.21 bits per heavy atom. The molecule has 0 aromatic carbocycles.